The molecule has 66 valence electrons. The molecule has 3 heteroatoms. The van der Waals surface area contributed by atoms with Gasteiger partial charge in [-0.3, -0.25) is 9.59 Å². The summed E-state index contributed by atoms with van der Waals surface area (Å²) in [5.74, 6) is 0.0749. The lowest BCUT2D eigenvalue weighted by molar-refractivity contribution is -0.150. The molecule has 2 fully saturated rings. The van der Waals surface area contributed by atoms with Gasteiger partial charge < -0.3 is 4.74 Å². The first-order valence-electron chi connectivity index (χ1n) is 4.32. The molecule has 0 aromatic rings. The minimum absolute atomic E-state index is 0.00120. The molecule has 0 radical (unpaired) electrons. The largest absolute Gasteiger partial charge is 0.469 e. The van der Waals surface area contributed by atoms with Gasteiger partial charge in [0.1, 0.15) is 5.78 Å². The second kappa shape index (κ2) is 2.31. The van der Waals surface area contributed by atoms with Gasteiger partial charge in [-0.1, -0.05) is 0 Å². The maximum Gasteiger partial charge on any atom is 0.312 e. The fraction of sp³-hybridized carbons (Fsp3) is 0.778. The highest BCUT2D eigenvalue weighted by atomic mass is 16.5. The summed E-state index contributed by atoms with van der Waals surface area (Å²) >= 11 is 0. The molecule has 0 unspecified atom stereocenters. The molecule has 0 bridgehead atoms. The number of hydrogen-bond acceptors (Lipinski definition) is 3. The quantitative estimate of drug-likeness (QED) is 0.547. The maximum atomic E-state index is 11.3. The first-order chi connectivity index (χ1) is 5.70. The van der Waals surface area contributed by atoms with Crippen LogP contribution in [0.5, 0.6) is 0 Å². The zero-order valence-corrected chi connectivity index (χ0v) is 7.13. The molecule has 0 amide bonds. The molecule has 0 aromatic carbocycles. The lowest BCUT2D eigenvalue weighted by Crippen LogP contribution is -2.26. The van der Waals surface area contributed by atoms with Crippen LogP contribution in [-0.2, 0) is 14.3 Å². The Morgan fingerprint density at radius 2 is 2.42 bits per heavy atom. The van der Waals surface area contributed by atoms with Crippen molar-refractivity contribution in [1.82, 2.24) is 0 Å². The first-order valence-corrected chi connectivity index (χ1v) is 4.32. The van der Waals surface area contributed by atoms with Gasteiger partial charge >= 0.3 is 5.97 Å². The number of rotatable bonds is 1. The Bertz CT molecular complexity index is 246. The summed E-state index contributed by atoms with van der Waals surface area (Å²) in [5.41, 5.74) is -0.385. The lowest BCUT2D eigenvalue weighted by atomic mass is 9.88. The predicted molar refractivity (Wildman–Crippen MR) is 41.4 cm³/mol. The zero-order chi connectivity index (χ0) is 8.77. The lowest BCUT2D eigenvalue weighted by Gasteiger charge is -2.17. The van der Waals surface area contributed by atoms with E-state index in [2.05, 4.69) is 0 Å². The van der Waals surface area contributed by atoms with Crippen molar-refractivity contribution in [3.05, 3.63) is 0 Å². The van der Waals surface area contributed by atoms with E-state index in [4.69, 9.17) is 4.74 Å². The van der Waals surface area contributed by atoms with E-state index in [9.17, 15) is 9.59 Å². The molecule has 0 heterocycles. The summed E-state index contributed by atoms with van der Waals surface area (Å²) in [6, 6.07) is 0. The third-order valence-electron chi connectivity index (χ3n) is 3.10. The van der Waals surface area contributed by atoms with Crippen molar-refractivity contribution in [3.8, 4) is 0 Å². The van der Waals surface area contributed by atoms with Crippen molar-refractivity contribution in [2.75, 3.05) is 7.11 Å². The Balaban J connectivity index is 2.16. The number of hydrogen-bond donors (Lipinski definition) is 0. The number of fused-ring (bicyclic) bond motifs is 1. The van der Waals surface area contributed by atoms with Crippen molar-refractivity contribution < 1.29 is 14.3 Å². The highest BCUT2D eigenvalue weighted by molar-refractivity contribution is 5.95. The monoisotopic (exact) mass is 168 g/mol. The van der Waals surface area contributed by atoms with Crippen LogP contribution < -0.4 is 0 Å². The normalized spacial score (nSPS) is 38.8. The molecular weight excluding hydrogens is 156 g/mol. The first kappa shape index (κ1) is 7.77. The molecule has 2 aliphatic carbocycles. The molecular formula is C9H12O3. The summed E-state index contributed by atoms with van der Waals surface area (Å²) < 4.78 is 4.69. The van der Waals surface area contributed by atoms with Crippen LogP contribution in [0.1, 0.15) is 25.7 Å². The van der Waals surface area contributed by atoms with Crippen LogP contribution >= 0.6 is 0 Å². The third-order valence-corrected chi connectivity index (χ3v) is 3.10. The second-order valence-corrected chi connectivity index (χ2v) is 3.72. The van der Waals surface area contributed by atoms with Crippen molar-refractivity contribution in [1.29, 1.82) is 0 Å². The van der Waals surface area contributed by atoms with Crippen LogP contribution in [0.2, 0.25) is 0 Å². The number of ether oxygens (including phenoxy) is 1. The molecule has 2 aliphatic rings. The van der Waals surface area contributed by atoms with E-state index < -0.39 is 0 Å². The highest BCUT2D eigenvalue weighted by Gasteiger charge is 2.64. The third kappa shape index (κ3) is 0.822. The number of esters is 1. The van der Waals surface area contributed by atoms with E-state index >= 15 is 0 Å². The van der Waals surface area contributed by atoms with Crippen LogP contribution in [0.3, 0.4) is 0 Å². The summed E-state index contributed by atoms with van der Waals surface area (Å²) in [6.07, 6.45) is 3.09. The van der Waals surface area contributed by atoms with Gasteiger partial charge in [0.05, 0.1) is 12.5 Å². The Kier molecular flexibility index (Phi) is 1.50. The van der Waals surface area contributed by atoms with Crippen molar-refractivity contribution in [3.63, 3.8) is 0 Å². The minimum atomic E-state index is -0.385. The molecule has 2 rings (SSSR count). The van der Waals surface area contributed by atoms with E-state index in [0.29, 0.717) is 6.42 Å². The van der Waals surface area contributed by atoms with Gasteiger partial charge in [-0.15, -0.1) is 0 Å². The fourth-order valence-electron chi connectivity index (χ4n) is 2.29. The van der Waals surface area contributed by atoms with Gasteiger partial charge in [0.15, 0.2) is 0 Å². The van der Waals surface area contributed by atoms with Gasteiger partial charge in [-0.05, 0) is 19.3 Å². The molecule has 0 aliphatic heterocycles. The maximum absolute atomic E-state index is 11.3. The van der Waals surface area contributed by atoms with E-state index in [1.807, 2.05) is 0 Å². The zero-order valence-electron chi connectivity index (χ0n) is 7.13. The molecule has 3 nitrogen and oxygen atoms in total. The molecule has 12 heavy (non-hydrogen) atoms. The van der Waals surface area contributed by atoms with Crippen molar-refractivity contribution >= 4 is 11.8 Å². The van der Waals surface area contributed by atoms with Gasteiger partial charge in [0, 0.05) is 12.3 Å². The van der Waals surface area contributed by atoms with Crippen LogP contribution in [0.15, 0.2) is 0 Å². The predicted octanol–water partition coefficient (Wildman–Crippen LogP) is 0.919. The smallest absolute Gasteiger partial charge is 0.312 e. The summed E-state index contributed by atoms with van der Waals surface area (Å²) in [4.78, 5) is 22.6. The van der Waals surface area contributed by atoms with Crippen LogP contribution in [0, 0.1) is 11.3 Å². The van der Waals surface area contributed by atoms with Gasteiger partial charge in [-0.2, -0.15) is 0 Å². The average molecular weight is 168 g/mol. The van der Waals surface area contributed by atoms with E-state index in [-0.39, 0.29) is 23.1 Å². The average Bonchev–Trinajstić information content (AvgIpc) is 2.80. The van der Waals surface area contributed by atoms with Crippen LogP contribution in [0.25, 0.3) is 0 Å². The Hall–Kier alpha value is -0.860. The van der Waals surface area contributed by atoms with E-state index in [1.165, 1.54) is 7.11 Å². The molecule has 0 aromatic heterocycles. The number of carbonyl (C=O) groups is 2. The highest BCUT2D eigenvalue weighted by Crippen LogP contribution is 2.60. The van der Waals surface area contributed by atoms with E-state index in [1.54, 1.807) is 0 Å². The van der Waals surface area contributed by atoms with Crippen LogP contribution in [-0.4, -0.2) is 18.9 Å². The number of methoxy groups -OCH3 is 1. The van der Waals surface area contributed by atoms with Crippen LogP contribution in [0.4, 0.5) is 0 Å². The topological polar surface area (TPSA) is 43.4 Å². The SMILES string of the molecule is COC(=O)[C@@]12CCCC(=O)[C@@H]1C2. The Morgan fingerprint density at radius 1 is 1.67 bits per heavy atom. The van der Waals surface area contributed by atoms with Gasteiger partial charge in [0.2, 0.25) is 0 Å². The van der Waals surface area contributed by atoms with Crippen molar-refractivity contribution in [2.24, 2.45) is 11.3 Å². The van der Waals surface area contributed by atoms with E-state index in [0.717, 1.165) is 19.3 Å². The molecule has 2 atom stereocenters. The number of ketones is 1. The number of carbonyl (C=O) groups excluding carboxylic acids is 2. The Morgan fingerprint density at radius 3 is 3.08 bits per heavy atom. The summed E-state index contributed by atoms with van der Waals surface area (Å²) in [5, 5.41) is 0. The molecule has 0 N–H and O–H groups in total. The molecule has 2 saturated carbocycles. The number of Topliss-reactive ketones (excluding diaryl/α,β-unsaturated/α-hetero) is 1. The summed E-state index contributed by atoms with van der Waals surface area (Å²) in [7, 11) is 1.39. The fourth-order valence-corrected chi connectivity index (χ4v) is 2.29. The van der Waals surface area contributed by atoms with Gasteiger partial charge in [-0.25, -0.2) is 0 Å². The minimum Gasteiger partial charge on any atom is -0.469 e. The second-order valence-electron chi connectivity index (χ2n) is 3.72. The molecule has 0 spiro atoms. The van der Waals surface area contributed by atoms with Crippen molar-refractivity contribution in [2.45, 2.75) is 25.7 Å². The standard InChI is InChI=1S/C9H12O3/c1-12-8(11)9-4-2-3-7(10)6(9)5-9/h6H,2-5H2,1H3/t6-,9+/m0/s1. The van der Waals surface area contributed by atoms with Gasteiger partial charge in [0.25, 0.3) is 0 Å². The summed E-state index contributed by atoms with van der Waals surface area (Å²) in [6.45, 7) is 0. The molecule has 0 saturated heterocycles. The Labute approximate surface area is 71.1 Å².